The van der Waals surface area contributed by atoms with E-state index in [-0.39, 0.29) is 35.3 Å². The molecular weight excluding hydrogens is 484 g/mol. The Bertz CT molecular complexity index is 1410. The molecule has 1 heterocycles. The number of primary amides is 1. The molecule has 1 amide bonds. The summed E-state index contributed by atoms with van der Waals surface area (Å²) in [4.78, 5) is 78.7. The number of carbonyl (C=O) groups is 6. The normalized spacial score (nSPS) is 31.1. The van der Waals surface area contributed by atoms with Crippen molar-refractivity contribution in [1.29, 1.82) is 0 Å². The van der Waals surface area contributed by atoms with Gasteiger partial charge in [-0.1, -0.05) is 6.07 Å². The molecular formula is C26H24N2O9. The van der Waals surface area contributed by atoms with E-state index in [4.69, 9.17) is 10.2 Å². The van der Waals surface area contributed by atoms with Gasteiger partial charge in [-0.3, -0.25) is 33.7 Å². The lowest BCUT2D eigenvalue weighted by Crippen LogP contribution is -2.74. The lowest BCUT2D eigenvalue weighted by molar-refractivity contribution is -0.181. The Hall–Kier alpha value is -3.96. The fourth-order valence-corrected chi connectivity index (χ4v) is 6.39. The molecule has 3 aliphatic carbocycles. The fourth-order valence-electron chi connectivity index (χ4n) is 6.39. The standard InChI is InChI=1S/C26H24N2O9/c1-28(2)18-14-8-12-7-10-3-4-13(22-11(9-29)5-6-37-22)19(30)15(10)20(31)16(12)23(33)26(14,36)24(34)17(21(18)32)25(27)35/h3-6,9,12,14,16-18,30,36H,7-8H2,1-2H3,(H2,27,35)/t12-,14-,16?,17?,18-,26-/m0/s1. The van der Waals surface area contributed by atoms with Crippen molar-refractivity contribution in [2.75, 3.05) is 14.1 Å². The first-order valence-electron chi connectivity index (χ1n) is 11.7. The van der Waals surface area contributed by atoms with Crippen molar-refractivity contribution in [3.8, 4) is 17.1 Å². The van der Waals surface area contributed by atoms with Crippen molar-refractivity contribution in [1.82, 2.24) is 4.90 Å². The van der Waals surface area contributed by atoms with Crippen LogP contribution in [0.5, 0.6) is 5.75 Å². The number of carbonyl (C=O) groups excluding carboxylic acids is 6. The number of aromatic hydroxyl groups is 1. The number of likely N-dealkylation sites (N-methyl/N-ethyl adjacent to an activating group) is 1. The Balaban J connectivity index is 1.63. The van der Waals surface area contributed by atoms with Crippen LogP contribution in [0.4, 0.5) is 0 Å². The van der Waals surface area contributed by atoms with E-state index < -0.39 is 70.1 Å². The smallest absolute Gasteiger partial charge is 0.235 e. The van der Waals surface area contributed by atoms with Crippen LogP contribution in [0.1, 0.15) is 32.7 Å². The number of benzene rings is 1. The largest absolute Gasteiger partial charge is 0.506 e. The second-order valence-electron chi connectivity index (χ2n) is 10.1. The molecule has 0 radical (unpaired) electrons. The minimum atomic E-state index is -2.78. The number of Topliss-reactive ketones (excluding diaryl/α,β-unsaturated/α-hetero) is 4. The van der Waals surface area contributed by atoms with Crippen LogP contribution in [0, 0.1) is 23.7 Å². The summed E-state index contributed by atoms with van der Waals surface area (Å²) in [7, 11) is 3.05. The number of ketones is 4. The molecule has 37 heavy (non-hydrogen) atoms. The lowest BCUT2D eigenvalue weighted by Gasteiger charge is -2.52. The maximum Gasteiger partial charge on any atom is 0.235 e. The van der Waals surface area contributed by atoms with Crippen LogP contribution < -0.4 is 5.73 Å². The predicted molar refractivity (Wildman–Crippen MR) is 124 cm³/mol. The summed E-state index contributed by atoms with van der Waals surface area (Å²) >= 11 is 0. The summed E-state index contributed by atoms with van der Waals surface area (Å²) in [6.45, 7) is 0. The zero-order valence-electron chi connectivity index (χ0n) is 20.0. The number of aldehydes is 1. The average molecular weight is 508 g/mol. The quantitative estimate of drug-likeness (QED) is 0.373. The molecule has 6 atom stereocenters. The highest BCUT2D eigenvalue weighted by Crippen LogP contribution is 2.51. The molecule has 2 aromatic rings. The summed E-state index contributed by atoms with van der Waals surface area (Å²) < 4.78 is 5.32. The minimum absolute atomic E-state index is 0.0279. The van der Waals surface area contributed by atoms with Gasteiger partial charge in [-0.05, 0) is 50.6 Å². The van der Waals surface area contributed by atoms with Crippen molar-refractivity contribution in [2.24, 2.45) is 29.4 Å². The van der Waals surface area contributed by atoms with Crippen LogP contribution in [-0.2, 0) is 25.6 Å². The molecule has 0 aliphatic heterocycles. The minimum Gasteiger partial charge on any atom is -0.506 e. The van der Waals surface area contributed by atoms with Crippen molar-refractivity contribution in [3.63, 3.8) is 0 Å². The van der Waals surface area contributed by atoms with Crippen LogP contribution in [0.2, 0.25) is 0 Å². The zero-order chi connectivity index (χ0) is 27.0. The van der Waals surface area contributed by atoms with E-state index >= 15 is 0 Å². The molecule has 5 rings (SSSR count). The number of nitrogens with two attached hydrogens (primary N) is 1. The zero-order valence-corrected chi connectivity index (χ0v) is 20.0. The molecule has 2 fully saturated rings. The Morgan fingerprint density at radius 1 is 1.16 bits per heavy atom. The van der Waals surface area contributed by atoms with Crippen molar-refractivity contribution in [2.45, 2.75) is 24.5 Å². The van der Waals surface area contributed by atoms with Crippen molar-refractivity contribution in [3.05, 3.63) is 41.2 Å². The molecule has 0 bridgehead atoms. The van der Waals surface area contributed by atoms with E-state index in [0.29, 0.717) is 11.8 Å². The molecule has 4 N–H and O–H groups in total. The Morgan fingerprint density at radius 2 is 1.86 bits per heavy atom. The topological polar surface area (TPSA) is 185 Å². The molecule has 3 aliphatic rings. The molecule has 1 aromatic carbocycles. The monoisotopic (exact) mass is 508 g/mol. The summed E-state index contributed by atoms with van der Waals surface area (Å²) in [5, 5.41) is 22.6. The highest BCUT2D eigenvalue weighted by molar-refractivity contribution is 6.32. The van der Waals surface area contributed by atoms with Crippen molar-refractivity contribution < 1.29 is 43.4 Å². The molecule has 192 valence electrons. The molecule has 2 unspecified atom stereocenters. The van der Waals surface area contributed by atoms with Gasteiger partial charge in [0.15, 0.2) is 40.9 Å². The van der Waals surface area contributed by atoms with Gasteiger partial charge < -0.3 is 20.4 Å². The van der Waals surface area contributed by atoms with Gasteiger partial charge in [0.1, 0.15) is 11.5 Å². The van der Waals surface area contributed by atoms with Gasteiger partial charge >= 0.3 is 0 Å². The Kier molecular flexibility index (Phi) is 5.54. The highest BCUT2D eigenvalue weighted by Gasteiger charge is 2.69. The van der Waals surface area contributed by atoms with Gasteiger partial charge in [0.2, 0.25) is 5.91 Å². The molecule has 1 aromatic heterocycles. The number of hydrogen-bond donors (Lipinski definition) is 3. The SMILES string of the molecule is CN(C)[C@@H]1C(=O)C(C(N)=O)C(=O)[C@@]2(O)C(=O)C3C(=O)c4c(ccc(-c5occc5C=O)c4O)C[C@H]3C[C@@H]12. The summed E-state index contributed by atoms with van der Waals surface area (Å²) in [6.07, 6.45) is 1.91. The average Bonchev–Trinajstić information content (AvgIpc) is 3.29. The van der Waals surface area contributed by atoms with Crippen molar-refractivity contribution >= 4 is 35.3 Å². The number of nitrogens with zero attached hydrogens (tertiary/aromatic N) is 1. The number of rotatable bonds is 4. The molecule has 11 nitrogen and oxygen atoms in total. The number of hydrogen-bond acceptors (Lipinski definition) is 10. The molecule has 11 heteroatoms. The van der Waals surface area contributed by atoms with Crippen LogP contribution in [0.3, 0.4) is 0 Å². The molecule has 0 saturated heterocycles. The van der Waals surface area contributed by atoms with Gasteiger partial charge in [0.25, 0.3) is 0 Å². The van der Waals surface area contributed by atoms with Crippen LogP contribution in [0.25, 0.3) is 11.3 Å². The number of aliphatic hydroxyl groups is 1. The van der Waals surface area contributed by atoms with E-state index in [9.17, 15) is 39.0 Å². The van der Waals surface area contributed by atoms with Gasteiger partial charge in [-0.2, -0.15) is 0 Å². The lowest BCUT2D eigenvalue weighted by atomic mass is 9.52. The van der Waals surface area contributed by atoms with E-state index in [0.717, 1.165) is 0 Å². The summed E-state index contributed by atoms with van der Waals surface area (Å²) in [5.74, 6) is -11.1. The van der Waals surface area contributed by atoms with Gasteiger partial charge in [-0.15, -0.1) is 0 Å². The number of furan rings is 1. The van der Waals surface area contributed by atoms with Crippen LogP contribution >= 0.6 is 0 Å². The fraction of sp³-hybridized carbons (Fsp3) is 0.385. The number of fused-ring (bicyclic) bond motifs is 3. The van der Waals surface area contributed by atoms with E-state index in [2.05, 4.69) is 0 Å². The number of phenols is 1. The third kappa shape index (κ3) is 3.20. The van der Waals surface area contributed by atoms with E-state index in [1.807, 2.05) is 0 Å². The third-order valence-corrected chi connectivity index (χ3v) is 8.00. The Labute approximate surface area is 210 Å². The van der Waals surface area contributed by atoms with Crippen LogP contribution in [0.15, 0.2) is 28.9 Å². The first-order valence-corrected chi connectivity index (χ1v) is 11.7. The summed E-state index contributed by atoms with van der Waals surface area (Å²) in [5.41, 5.74) is 3.01. The Morgan fingerprint density at radius 3 is 2.49 bits per heavy atom. The highest BCUT2D eigenvalue weighted by atomic mass is 16.3. The first kappa shape index (κ1) is 24.7. The van der Waals surface area contributed by atoms with Gasteiger partial charge in [0, 0.05) is 5.92 Å². The number of amides is 1. The second-order valence-corrected chi connectivity index (χ2v) is 10.1. The second kappa shape index (κ2) is 8.29. The first-order chi connectivity index (χ1) is 17.4. The maximum atomic E-state index is 13.8. The van der Waals surface area contributed by atoms with Gasteiger partial charge in [0.05, 0.1) is 34.9 Å². The third-order valence-electron chi connectivity index (χ3n) is 8.00. The molecule has 0 spiro atoms. The maximum absolute atomic E-state index is 13.8. The predicted octanol–water partition coefficient (Wildman–Crippen LogP) is -0.0605. The molecule has 2 saturated carbocycles. The van der Waals surface area contributed by atoms with E-state index in [1.54, 1.807) is 6.07 Å². The number of phenolic OH excluding ortho intramolecular Hbond substituents is 1. The summed E-state index contributed by atoms with van der Waals surface area (Å²) in [6, 6.07) is 3.33. The van der Waals surface area contributed by atoms with E-state index in [1.165, 1.54) is 37.4 Å². The van der Waals surface area contributed by atoms with Crippen LogP contribution in [-0.4, -0.2) is 76.2 Å². The van der Waals surface area contributed by atoms with Gasteiger partial charge in [-0.25, -0.2) is 0 Å².